The van der Waals surface area contributed by atoms with Gasteiger partial charge in [-0.25, -0.2) is 14.5 Å². The molecule has 3 aromatic rings. The number of hydrogen-bond donors (Lipinski definition) is 1. The first kappa shape index (κ1) is 13.1. The third-order valence-corrected chi connectivity index (χ3v) is 3.95. The fourth-order valence-electron chi connectivity index (χ4n) is 2.02. The molecule has 0 bridgehead atoms. The summed E-state index contributed by atoms with van der Waals surface area (Å²) in [5, 5.41) is 11.1. The molecule has 3 aromatic heterocycles. The van der Waals surface area contributed by atoms with Crippen LogP contribution in [0.15, 0.2) is 30.0 Å². The molecule has 3 heterocycles. The summed E-state index contributed by atoms with van der Waals surface area (Å²) >= 11 is 1.68. The Hall–Kier alpha value is -1.95. The second-order valence-corrected chi connectivity index (χ2v) is 5.91. The second kappa shape index (κ2) is 5.58. The normalized spacial score (nSPS) is 11.3. The summed E-state index contributed by atoms with van der Waals surface area (Å²) in [5.41, 5.74) is 2.11. The van der Waals surface area contributed by atoms with Crippen LogP contribution < -0.4 is 5.32 Å². The van der Waals surface area contributed by atoms with E-state index in [1.807, 2.05) is 22.3 Å². The van der Waals surface area contributed by atoms with Crippen molar-refractivity contribution in [3.05, 3.63) is 40.7 Å². The number of fused-ring (bicyclic) bond motifs is 1. The minimum absolute atomic E-state index is 0.415. The van der Waals surface area contributed by atoms with Crippen LogP contribution in [0.25, 0.3) is 5.52 Å². The van der Waals surface area contributed by atoms with E-state index in [1.165, 1.54) is 0 Å². The van der Waals surface area contributed by atoms with E-state index in [0.29, 0.717) is 5.92 Å². The maximum atomic E-state index is 4.56. The molecule has 0 fully saturated rings. The van der Waals surface area contributed by atoms with Gasteiger partial charge < -0.3 is 5.32 Å². The summed E-state index contributed by atoms with van der Waals surface area (Å²) in [6.45, 7) is 5.11. The van der Waals surface area contributed by atoms with Crippen molar-refractivity contribution in [1.29, 1.82) is 0 Å². The monoisotopic (exact) mass is 287 g/mol. The standard InChI is InChI=1S/C14H17N5S/c1-10(2)11-9-12-14(17-5-7-19(12)18-11)16-4-3-13-15-6-8-20-13/h5-10H,3-4H2,1-2H3,(H,16,17). The molecule has 0 saturated carbocycles. The van der Waals surface area contributed by atoms with Crippen LogP contribution in [-0.2, 0) is 6.42 Å². The first-order chi connectivity index (χ1) is 9.74. The van der Waals surface area contributed by atoms with E-state index in [9.17, 15) is 0 Å². The lowest BCUT2D eigenvalue weighted by molar-refractivity contribution is 0.787. The number of nitrogens with zero attached hydrogens (tertiary/aromatic N) is 4. The molecule has 1 N–H and O–H groups in total. The Balaban J connectivity index is 1.77. The summed E-state index contributed by atoms with van der Waals surface area (Å²) in [7, 11) is 0. The highest BCUT2D eigenvalue weighted by Crippen LogP contribution is 2.19. The van der Waals surface area contributed by atoms with Crippen molar-refractivity contribution in [1.82, 2.24) is 19.6 Å². The molecule has 0 unspecified atom stereocenters. The van der Waals surface area contributed by atoms with Gasteiger partial charge in [-0.3, -0.25) is 0 Å². The summed E-state index contributed by atoms with van der Waals surface area (Å²) in [5.74, 6) is 1.29. The third kappa shape index (κ3) is 2.65. The van der Waals surface area contributed by atoms with Crippen molar-refractivity contribution in [3.8, 4) is 0 Å². The Labute approximate surface area is 121 Å². The van der Waals surface area contributed by atoms with Crippen LogP contribution >= 0.6 is 11.3 Å². The maximum absolute atomic E-state index is 4.56. The highest BCUT2D eigenvalue weighted by Gasteiger charge is 2.09. The first-order valence-electron chi connectivity index (χ1n) is 6.70. The van der Waals surface area contributed by atoms with Gasteiger partial charge in [0.2, 0.25) is 0 Å². The van der Waals surface area contributed by atoms with Crippen LogP contribution in [0.4, 0.5) is 5.82 Å². The Kier molecular flexibility index (Phi) is 3.64. The molecule has 0 spiro atoms. The van der Waals surface area contributed by atoms with Crippen molar-refractivity contribution < 1.29 is 0 Å². The molecule has 3 rings (SSSR count). The topological polar surface area (TPSA) is 55.1 Å². The van der Waals surface area contributed by atoms with Crippen molar-refractivity contribution in [3.63, 3.8) is 0 Å². The van der Waals surface area contributed by atoms with Gasteiger partial charge in [-0.15, -0.1) is 11.3 Å². The average molecular weight is 287 g/mol. The van der Waals surface area contributed by atoms with Crippen LogP contribution in [0.5, 0.6) is 0 Å². The van der Waals surface area contributed by atoms with Gasteiger partial charge >= 0.3 is 0 Å². The Morgan fingerprint density at radius 1 is 1.30 bits per heavy atom. The largest absolute Gasteiger partial charge is 0.368 e. The molecular weight excluding hydrogens is 270 g/mol. The smallest absolute Gasteiger partial charge is 0.152 e. The number of nitrogens with one attached hydrogen (secondary N) is 1. The van der Waals surface area contributed by atoms with E-state index in [4.69, 9.17) is 0 Å². The van der Waals surface area contributed by atoms with Crippen LogP contribution in [0, 0.1) is 0 Å². The zero-order chi connectivity index (χ0) is 13.9. The zero-order valence-corrected chi connectivity index (χ0v) is 12.4. The molecule has 0 amide bonds. The molecule has 0 atom stereocenters. The Morgan fingerprint density at radius 2 is 2.20 bits per heavy atom. The van der Waals surface area contributed by atoms with Crippen LogP contribution in [0.2, 0.25) is 0 Å². The molecule has 20 heavy (non-hydrogen) atoms. The summed E-state index contributed by atoms with van der Waals surface area (Å²) in [6.07, 6.45) is 6.40. The van der Waals surface area contributed by atoms with Gasteiger partial charge in [-0.2, -0.15) is 5.10 Å². The van der Waals surface area contributed by atoms with Gasteiger partial charge in [-0.1, -0.05) is 13.8 Å². The highest BCUT2D eigenvalue weighted by atomic mass is 32.1. The van der Waals surface area contributed by atoms with E-state index < -0.39 is 0 Å². The van der Waals surface area contributed by atoms with Gasteiger partial charge in [0.15, 0.2) is 5.82 Å². The lowest BCUT2D eigenvalue weighted by Gasteiger charge is -2.05. The minimum atomic E-state index is 0.415. The van der Waals surface area contributed by atoms with Crippen LogP contribution in [0.3, 0.4) is 0 Å². The van der Waals surface area contributed by atoms with E-state index in [2.05, 4.69) is 40.3 Å². The van der Waals surface area contributed by atoms with Gasteiger partial charge in [-0.05, 0) is 12.0 Å². The number of thiazole rings is 1. The zero-order valence-electron chi connectivity index (χ0n) is 11.6. The molecule has 104 valence electrons. The third-order valence-electron chi connectivity index (χ3n) is 3.12. The van der Waals surface area contributed by atoms with Crippen LogP contribution in [-0.4, -0.2) is 26.1 Å². The fraction of sp³-hybridized carbons (Fsp3) is 0.357. The molecule has 0 aliphatic carbocycles. The Bertz CT molecular complexity index is 687. The van der Waals surface area contributed by atoms with Gasteiger partial charge in [0.05, 0.1) is 10.7 Å². The number of rotatable bonds is 5. The van der Waals surface area contributed by atoms with Gasteiger partial charge in [0, 0.05) is 36.9 Å². The predicted octanol–water partition coefficient (Wildman–Crippen LogP) is 2.96. The molecule has 0 aliphatic heterocycles. The predicted molar refractivity (Wildman–Crippen MR) is 81.4 cm³/mol. The molecule has 0 aliphatic rings. The molecule has 6 heteroatoms. The van der Waals surface area contributed by atoms with Crippen molar-refractivity contribution in [2.45, 2.75) is 26.2 Å². The number of aromatic nitrogens is 4. The molecule has 0 radical (unpaired) electrons. The molecule has 0 aromatic carbocycles. The van der Waals surface area contributed by atoms with E-state index in [0.717, 1.165) is 35.0 Å². The summed E-state index contributed by atoms with van der Waals surface area (Å²) in [6, 6.07) is 2.10. The molecule has 5 nitrogen and oxygen atoms in total. The summed E-state index contributed by atoms with van der Waals surface area (Å²) in [4.78, 5) is 8.69. The average Bonchev–Trinajstić information content (AvgIpc) is 3.07. The van der Waals surface area contributed by atoms with Gasteiger partial charge in [0.1, 0.15) is 5.52 Å². The molecule has 0 saturated heterocycles. The lowest BCUT2D eigenvalue weighted by atomic mass is 10.1. The van der Waals surface area contributed by atoms with Crippen LogP contribution in [0.1, 0.15) is 30.5 Å². The lowest BCUT2D eigenvalue weighted by Crippen LogP contribution is -2.07. The Morgan fingerprint density at radius 3 is 2.95 bits per heavy atom. The number of hydrogen-bond acceptors (Lipinski definition) is 5. The maximum Gasteiger partial charge on any atom is 0.152 e. The quantitative estimate of drug-likeness (QED) is 0.784. The van der Waals surface area contributed by atoms with Crippen molar-refractivity contribution in [2.75, 3.05) is 11.9 Å². The van der Waals surface area contributed by atoms with E-state index in [1.54, 1.807) is 17.5 Å². The molecular formula is C14H17N5S. The van der Waals surface area contributed by atoms with Crippen molar-refractivity contribution in [2.24, 2.45) is 0 Å². The van der Waals surface area contributed by atoms with E-state index in [-0.39, 0.29) is 0 Å². The minimum Gasteiger partial charge on any atom is -0.368 e. The van der Waals surface area contributed by atoms with Crippen molar-refractivity contribution >= 4 is 22.7 Å². The first-order valence-corrected chi connectivity index (χ1v) is 7.58. The fourth-order valence-corrected chi connectivity index (χ4v) is 2.64. The highest BCUT2D eigenvalue weighted by molar-refractivity contribution is 7.09. The van der Waals surface area contributed by atoms with E-state index >= 15 is 0 Å². The number of anilines is 1. The SMILES string of the molecule is CC(C)c1cc2c(NCCc3nccs3)nccn2n1. The summed E-state index contributed by atoms with van der Waals surface area (Å²) < 4.78 is 1.88. The second-order valence-electron chi connectivity index (χ2n) is 4.93. The van der Waals surface area contributed by atoms with Gasteiger partial charge in [0.25, 0.3) is 0 Å².